The lowest BCUT2D eigenvalue weighted by Crippen LogP contribution is -2.07. The number of thioether (sulfide) groups is 1. The van der Waals surface area contributed by atoms with Gasteiger partial charge in [0.2, 0.25) is 0 Å². The van der Waals surface area contributed by atoms with Gasteiger partial charge in [-0.3, -0.25) is 9.36 Å². The average molecular weight is 471 g/mol. The summed E-state index contributed by atoms with van der Waals surface area (Å²) in [5.41, 5.74) is 4.06. The molecule has 2 aromatic heterocycles. The van der Waals surface area contributed by atoms with Crippen molar-refractivity contribution in [3.8, 4) is 11.4 Å². The van der Waals surface area contributed by atoms with Crippen LogP contribution in [0.3, 0.4) is 0 Å². The van der Waals surface area contributed by atoms with Crippen LogP contribution in [-0.4, -0.2) is 30.9 Å². The lowest BCUT2D eigenvalue weighted by molar-refractivity contribution is 0.102. The van der Waals surface area contributed by atoms with E-state index < -0.39 is 0 Å². The Balaban J connectivity index is 1.54. The number of rotatable bonds is 8. The molecule has 0 bridgehead atoms. The molecular weight excluding hydrogens is 448 g/mol. The lowest BCUT2D eigenvalue weighted by atomic mass is 10.2. The zero-order valence-electron chi connectivity index (χ0n) is 16.6. The average Bonchev–Trinajstić information content (AvgIpc) is 3.38. The minimum absolute atomic E-state index is 0.133. The second-order valence-corrected chi connectivity index (χ2v) is 9.17. The number of allylic oxidation sites excluding steroid dienone is 1. The van der Waals surface area contributed by atoms with Gasteiger partial charge in [-0.05, 0) is 44.9 Å². The van der Waals surface area contributed by atoms with Crippen LogP contribution >= 0.6 is 27.7 Å². The molecule has 1 aromatic carbocycles. The predicted octanol–water partition coefficient (Wildman–Crippen LogP) is 5.62. The second kappa shape index (κ2) is 8.32. The highest BCUT2D eigenvalue weighted by atomic mass is 79.9. The quantitative estimate of drug-likeness (QED) is 0.243. The molecule has 29 heavy (non-hydrogen) atoms. The first-order valence-electron chi connectivity index (χ1n) is 9.64. The Hall–Kier alpha value is -2.12. The van der Waals surface area contributed by atoms with E-state index in [4.69, 9.17) is 0 Å². The zero-order valence-corrected chi connectivity index (χ0v) is 19.0. The summed E-state index contributed by atoms with van der Waals surface area (Å²) in [7, 11) is 0. The van der Waals surface area contributed by atoms with Crippen molar-refractivity contribution < 1.29 is 4.79 Å². The molecule has 1 aliphatic rings. The first-order chi connectivity index (χ1) is 14.0. The standard InChI is InChI=1S/C22H23BrN4OS/c1-4-11-26-21(16-5-7-17(23)8-6-16)24-25-22(26)29-13-20(28)19-12-14(2)27(15(19)3)18-9-10-18/h4-8,12,18H,1,9-11,13H2,2-3H3. The Labute approximate surface area is 183 Å². The Morgan fingerprint density at radius 2 is 2.00 bits per heavy atom. The smallest absolute Gasteiger partial charge is 0.192 e. The third-order valence-corrected chi connectivity index (χ3v) is 6.66. The number of Topliss-reactive ketones (excluding diaryl/α,β-unsaturated/α-hetero) is 1. The van der Waals surface area contributed by atoms with Crippen LogP contribution in [0.4, 0.5) is 0 Å². The third-order valence-electron chi connectivity index (χ3n) is 5.16. The van der Waals surface area contributed by atoms with Gasteiger partial charge < -0.3 is 4.57 Å². The minimum Gasteiger partial charge on any atom is -0.345 e. The molecule has 0 amide bonds. The Morgan fingerprint density at radius 3 is 2.66 bits per heavy atom. The summed E-state index contributed by atoms with van der Waals surface area (Å²) in [6, 6.07) is 10.6. The maximum atomic E-state index is 12.9. The molecule has 2 heterocycles. The van der Waals surface area contributed by atoms with E-state index in [0.29, 0.717) is 18.3 Å². The van der Waals surface area contributed by atoms with E-state index >= 15 is 0 Å². The van der Waals surface area contributed by atoms with Gasteiger partial charge in [0.25, 0.3) is 0 Å². The van der Waals surface area contributed by atoms with Gasteiger partial charge >= 0.3 is 0 Å². The van der Waals surface area contributed by atoms with Crippen LogP contribution in [0.15, 0.2) is 52.6 Å². The van der Waals surface area contributed by atoms with Gasteiger partial charge in [-0.25, -0.2) is 0 Å². The number of halogens is 1. The first-order valence-corrected chi connectivity index (χ1v) is 11.4. The van der Waals surface area contributed by atoms with Crippen LogP contribution in [0.2, 0.25) is 0 Å². The van der Waals surface area contributed by atoms with Crippen molar-refractivity contribution >= 4 is 33.5 Å². The number of hydrogen-bond donors (Lipinski definition) is 0. The minimum atomic E-state index is 0.133. The van der Waals surface area contributed by atoms with Gasteiger partial charge in [0.1, 0.15) is 0 Å². The van der Waals surface area contributed by atoms with E-state index in [1.54, 1.807) is 0 Å². The number of benzene rings is 1. The van der Waals surface area contributed by atoms with E-state index in [1.165, 1.54) is 30.3 Å². The SMILES string of the molecule is C=CCn1c(SCC(=O)c2cc(C)n(C3CC3)c2C)nnc1-c1ccc(Br)cc1. The number of carbonyl (C=O) groups is 1. The van der Waals surface area contributed by atoms with E-state index in [9.17, 15) is 4.79 Å². The number of nitrogens with zero attached hydrogens (tertiary/aromatic N) is 4. The molecule has 1 aliphatic carbocycles. The van der Waals surface area contributed by atoms with E-state index in [-0.39, 0.29) is 5.78 Å². The van der Waals surface area contributed by atoms with Crippen molar-refractivity contribution in [2.24, 2.45) is 0 Å². The maximum Gasteiger partial charge on any atom is 0.192 e. The highest BCUT2D eigenvalue weighted by molar-refractivity contribution is 9.10. The molecule has 0 atom stereocenters. The van der Waals surface area contributed by atoms with Gasteiger partial charge in [0.15, 0.2) is 16.8 Å². The van der Waals surface area contributed by atoms with Gasteiger partial charge in [-0.1, -0.05) is 45.9 Å². The van der Waals surface area contributed by atoms with Crippen molar-refractivity contribution in [3.63, 3.8) is 0 Å². The van der Waals surface area contributed by atoms with Crippen molar-refractivity contribution in [1.29, 1.82) is 0 Å². The van der Waals surface area contributed by atoms with Gasteiger partial charge in [-0.2, -0.15) is 0 Å². The molecule has 1 fully saturated rings. The molecule has 0 radical (unpaired) electrons. The van der Waals surface area contributed by atoms with Gasteiger partial charge in [-0.15, -0.1) is 16.8 Å². The topological polar surface area (TPSA) is 52.7 Å². The molecule has 5 nitrogen and oxygen atoms in total. The van der Waals surface area contributed by atoms with Crippen LogP contribution in [-0.2, 0) is 6.54 Å². The normalized spacial score (nSPS) is 13.6. The number of ketones is 1. The largest absolute Gasteiger partial charge is 0.345 e. The predicted molar refractivity (Wildman–Crippen MR) is 121 cm³/mol. The van der Waals surface area contributed by atoms with Crippen molar-refractivity contribution in [1.82, 2.24) is 19.3 Å². The second-order valence-electron chi connectivity index (χ2n) is 7.31. The molecule has 150 valence electrons. The first kappa shape index (κ1) is 20.2. The summed E-state index contributed by atoms with van der Waals surface area (Å²) >= 11 is 4.89. The molecule has 4 rings (SSSR count). The lowest BCUT2D eigenvalue weighted by Gasteiger charge is -2.08. The molecule has 7 heteroatoms. The van der Waals surface area contributed by atoms with E-state index in [2.05, 4.69) is 51.1 Å². The molecular formula is C22H23BrN4OS. The molecule has 1 saturated carbocycles. The fourth-order valence-corrected chi connectivity index (χ4v) is 4.76. The number of aryl methyl sites for hydroxylation is 1. The molecule has 0 unspecified atom stereocenters. The molecule has 0 saturated heterocycles. The van der Waals surface area contributed by atoms with Crippen LogP contribution in [0.25, 0.3) is 11.4 Å². The summed E-state index contributed by atoms with van der Waals surface area (Å²) in [5, 5.41) is 9.44. The summed E-state index contributed by atoms with van der Waals surface area (Å²) < 4.78 is 5.32. The Kier molecular flexibility index (Phi) is 5.79. The molecule has 0 aliphatic heterocycles. The number of hydrogen-bond acceptors (Lipinski definition) is 4. The van der Waals surface area contributed by atoms with Gasteiger partial charge in [0, 0.05) is 39.6 Å². The van der Waals surface area contributed by atoms with Crippen LogP contribution in [0.1, 0.15) is 40.6 Å². The highest BCUT2D eigenvalue weighted by Gasteiger charge is 2.28. The van der Waals surface area contributed by atoms with E-state index in [1.807, 2.05) is 41.0 Å². The highest BCUT2D eigenvalue weighted by Crippen LogP contribution is 2.38. The number of carbonyl (C=O) groups excluding carboxylic acids is 1. The van der Waals surface area contributed by atoms with Crippen molar-refractivity contribution in [2.45, 2.75) is 44.4 Å². The summed E-state index contributed by atoms with van der Waals surface area (Å²) in [4.78, 5) is 12.9. The molecule has 0 spiro atoms. The summed E-state index contributed by atoms with van der Waals surface area (Å²) in [5.74, 6) is 1.25. The van der Waals surface area contributed by atoms with Crippen LogP contribution < -0.4 is 0 Å². The number of aromatic nitrogens is 4. The Bertz CT molecular complexity index is 1060. The summed E-state index contributed by atoms with van der Waals surface area (Å²) in [6.45, 7) is 8.57. The molecule has 3 aromatic rings. The maximum absolute atomic E-state index is 12.9. The monoisotopic (exact) mass is 470 g/mol. The van der Waals surface area contributed by atoms with Gasteiger partial charge in [0.05, 0.1) is 5.75 Å². The Morgan fingerprint density at radius 1 is 1.28 bits per heavy atom. The summed E-state index contributed by atoms with van der Waals surface area (Å²) in [6.07, 6.45) is 4.24. The van der Waals surface area contributed by atoms with Crippen molar-refractivity contribution in [2.75, 3.05) is 5.75 Å². The third kappa shape index (κ3) is 4.12. The fourth-order valence-electron chi connectivity index (χ4n) is 3.66. The molecule has 0 N–H and O–H groups in total. The fraction of sp³-hybridized carbons (Fsp3) is 0.318. The van der Waals surface area contributed by atoms with E-state index in [0.717, 1.165) is 32.3 Å². The zero-order chi connectivity index (χ0) is 20.5. The van der Waals surface area contributed by atoms with Crippen LogP contribution in [0.5, 0.6) is 0 Å². The van der Waals surface area contributed by atoms with Crippen LogP contribution in [0, 0.1) is 13.8 Å². The van der Waals surface area contributed by atoms with Crippen molar-refractivity contribution in [3.05, 3.63) is 64.4 Å².